The number of hydrogen-bond acceptors (Lipinski definition) is 3. The van der Waals surface area contributed by atoms with Crippen molar-refractivity contribution >= 4 is 23.2 Å². The maximum Gasteiger partial charge on any atom is 0.416 e. The van der Waals surface area contributed by atoms with Gasteiger partial charge in [-0.05, 0) is 36.4 Å². The van der Waals surface area contributed by atoms with E-state index in [0.717, 1.165) is 18.2 Å². The first-order chi connectivity index (χ1) is 11.3. The second-order valence-electron chi connectivity index (χ2n) is 4.68. The number of anilines is 2. The molecular weight excluding hydrogens is 323 g/mol. The number of hydrogen-bond donors (Lipinski definition) is 2. The van der Waals surface area contributed by atoms with Crippen LogP contribution in [-0.2, 0) is 15.8 Å². The van der Waals surface area contributed by atoms with Gasteiger partial charge in [0.15, 0.2) is 0 Å². The molecule has 122 valence electrons. The summed E-state index contributed by atoms with van der Waals surface area (Å²) in [5, 5.41) is 13.1. The Bertz CT molecular complexity index is 826. The standard InChI is InChI=1S/C16H10F3N3O2/c17-16(18,19)11-4-2-6-13(8-11)22-15(24)14(23)21-12-5-1-3-10(7-12)9-20/h1-8H,(H,21,23)(H,22,24). The lowest BCUT2D eigenvalue weighted by atomic mass is 10.2. The van der Waals surface area contributed by atoms with E-state index in [9.17, 15) is 22.8 Å². The highest BCUT2D eigenvalue weighted by Crippen LogP contribution is 2.30. The van der Waals surface area contributed by atoms with Gasteiger partial charge in [-0.3, -0.25) is 9.59 Å². The predicted molar refractivity (Wildman–Crippen MR) is 79.9 cm³/mol. The summed E-state index contributed by atoms with van der Waals surface area (Å²) in [7, 11) is 0. The molecule has 0 atom stereocenters. The molecule has 0 aliphatic carbocycles. The summed E-state index contributed by atoms with van der Waals surface area (Å²) in [4.78, 5) is 23.5. The first kappa shape index (κ1) is 17.0. The summed E-state index contributed by atoms with van der Waals surface area (Å²) < 4.78 is 37.8. The molecule has 0 fully saturated rings. The summed E-state index contributed by atoms with van der Waals surface area (Å²) in [6.07, 6.45) is -4.55. The fraction of sp³-hybridized carbons (Fsp3) is 0.0625. The molecule has 0 bridgehead atoms. The molecule has 5 nitrogen and oxygen atoms in total. The van der Waals surface area contributed by atoms with E-state index < -0.39 is 23.6 Å². The zero-order valence-corrected chi connectivity index (χ0v) is 12.0. The van der Waals surface area contributed by atoms with Crippen LogP contribution in [-0.4, -0.2) is 11.8 Å². The molecule has 0 unspecified atom stereocenters. The highest BCUT2D eigenvalue weighted by atomic mass is 19.4. The second kappa shape index (κ2) is 6.83. The Morgan fingerprint density at radius 1 is 0.917 bits per heavy atom. The van der Waals surface area contributed by atoms with E-state index in [4.69, 9.17) is 5.26 Å². The Hall–Kier alpha value is -3.34. The third-order valence-electron chi connectivity index (χ3n) is 2.90. The number of nitrogens with zero attached hydrogens (tertiary/aromatic N) is 1. The van der Waals surface area contributed by atoms with Gasteiger partial charge >= 0.3 is 18.0 Å². The maximum atomic E-state index is 12.6. The summed E-state index contributed by atoms with van der Waals surface area (Å²) in [6.45, 7) is 0. The van der Waals surface area contributed by atoms with Gasteiger partial charge in [0.1, 0.15) is 0 Å². The van der Waals surface area contributed by atoms with Gasteiger partial charge < -0.3 is 10.6 Å². The quantitative estimate of drug-likeness (QED) is 0.828. The molecule has 0 saturated carbocycles. The number of benzene rings is 2. The predicted octanol–water partition coefficient (Wildman–Crippen LogP) is 3.15. The second-order valence-corrected chi connectivity index (χ2v) is 4.68. The Labute approximate surface area is 134 Å². The third kappa shape index (κ3) is 4.33. The van der Waals surface area contributed by atoms with E-state index in [1.807, 2.05) is 6.07 Å². The van der Waals surface area contributed by atoms with E-state index in [1.165, 1.54) is 30.3 Å². The Balaban J connectivity index is 2.07. The van der Waals surface area contributed by atoms with Gasteiger partial charge in [0.05, 0.1) is 17.2 Å². The Morgan fingerprint density at radius 3 is 2.00 bits per heavy atom. The molecular formula is C16H10F3N3O2. The van der Waals surface area contributed by atoms with Gasteiger partial charge in [-0.2, -0.15) is 18.4 Å². The number of nitriles is 1. The minimum absolute atomic E-state index is 0.157. The molecule has 0 radical (unpaired) electrons. The van der Waals surface area contributed by atoms with E-state index in [1.54, 1.807) is 0 Å². The van der Waals surface area contributed by atoms with Gasteiger partial charge in [0, 0.05) is 11.4 Å². The zero-order valence-electron chi connectivity index (χ0n) is 12.0. The molecule has 0 spiro atoms. The summed E-state index contributed by atoms with van der Waals surface area (Å²) in [5.74, 6) is -2.20. The summed E-state index contributed by atoms with van der Waals surface area (Å²) >= 11 is 0. The van der Waals surface area contributed by atoms with Crippen LogP contribution in [0, 0.1) is 11.3 Å². The van der Waals surface area contributed by atoms with Crippen molar-refractivity contribution in [3.63, 3.8) is 0 Å². The molecule has 2 aromatic carbocycles. The molecule has 0 aliphatic rings. The van der Waals surface area contributed by atoms with Crippen LogP contribution in [0.5, 0.6) is 0 Å². The van der Waals surface area contributed by atoms with Crippen molar-refractivity contribution in [2.75, 3.05) is 10.6 Å². The van der Waals surface area contributed by atoms with Gasteiger partial charge in [0.2, 0.25) is 0 Å². The number of nitrogens with one attached hydrogen (secondary N) is 2. The minimum atomic E-state index is -4.55. The molecule has 2 amide bonds. The summed E-state index contributed by atoms with van der Waals surface area (Å²) in [5.41, 5.74) is -0.595. The van der Waals surface area contributed by atoms with Crippen molar-refractivity contribution in [2.24, 2.45) is 0 Å². The topological polar surface area (TPSA) is 82.0 Å². The smallest absolute Gasteiger partial charge is 0.318 e. The van der Waals surface area contributed by atoms with Crippen molar-refractivity contribution in [1.29, 1.82) is 5.26 Å². The first-order valence-electron chi connectivity index (χ1n) is 6.59. The first-order valence-corrected chi connectivity index (χ1v) is 6.59. The highest BCUT2D eigenvalue weighted by molar-refractivity contribution is 6.43. The number of carbonyl (C=O) groups is 2. The average Bonchev–Trinajstić information content (AvgIpc) is 2.54. The number of rotatable bonds is 2. The third-order valence-corrected chi connectivity index (χ3v) is 2.90. The van der Waals surface area contributed by atoms with Crippen LogP contribution < -0.4 is 10.6 Å². The van der Waals surface area contributed by atoms with Crippen LogP contribution in [0.3, 0.4) is 0 Å². The van der Waals surface area contributed by atoms with Crippen LogP contribution in [0.15, 0.2) is 48.5 Å². The number of halogens is 3. The van der Waals surface area contributed by atoms with Crippen molar-refractivity contribution in [2.45, 2.75) is 6.18 Å². The van der Waals surface area contributed by atoms with Crippen LogP contribution >= 0.6 is 0 Å². The molecule has 0 aliphatic heterocycles. The molecule has 0 heterocycles. The Kier molecular flexibility index (Phi) is 4.84. The molecule has 0 saturated heterocycles. The number of alkyl halides is 3. The minimum Gasteiger partial charge on any atom is -0.318 e. The van der Waals surface area contributed by atoms with Crippen LogP contribution in [0.2, 0.25) is 0 Å². The van der Waals surface area contributed by atoms with Crippen molar-refractivity contribution in [1.82, 2.24) is 0 Å². The molecule has 2 rings (SSSR count). The molecule has 0 aromatic heterocycles. The highest BCUT2D eigenvalue weighted by Gasteiger charge is 2.30. The van der Waals surface area contributed by atoms with Gasteiger partial charge in [-0.25, -0.2) is 0 Å². The monoisotopic (exact) mass is 333 g/mol. The van der Waals surface area contributed by atoms with E-state index in [-0.39, 0.29) is 16.9 Å². The van der Waals surface area contributed by atoms with Crippen LogP contribution in [0.25, 0.3) is 0 Å². The number of amides is 2. The van der Waals surface area contributed by atoms with Crippen molar-refractivity contribution in [3.8, 4) is 6.07 Å². The van der Waals surface area contributed by atoms with Crippen LogP contribution in [0.1, 0.15) is 11.1 Å². The van der Waals surface area contributed by atoms with Gasteiger partial charge in [0.25, 0.3) is 0 Å². The largest absolute Gasteiger partial charge is 0.416 e. The lowest BCUT2D eigenvalue weighted by molar-refractivity contribution is -0.137. The van der Waals surface area contributed by atoms with Crippen LogP contribution in [0.4, 0.5) is 24.5 Å². The lowest BCUT2D eigenvalue weighted by Crippen LogP contribution is -2.29. The fourth-order valence-electron chi connectivity index (χ4n) is 1.82. The van der Waals surface area contributed by atoms with Gasteiger partial charge in [-0.15, -0.1) is 0 Å². The van der Waals surface area contributed by atoms with E-state index >= 15 is 0 Å². The van der Waals surface area contributed by atoms with E-state index in [2.05, 4.69) is 10.6 Å². The van der Waals surface area contributed by atoms with Gasteiger partial charge in [-0.1, -0.05) is 12.1 Å². The van der Waals surface area contributed by atoms with Crippen molar-refractivity contribution < 1.29 is 22.8 Å². The molecule has 2 aromatic rings. The number of carbonyl (C=O) groups excluding carboxylic acids is 2. The lowest BCUT2D eigenvalue weighted by Gasteiger charge is -2.10. The Morgan fingerprint density at radius 2 is 1.46 bits per heavy atom. The molecule has 2 N–H and O–H groups in total. The molecule has 8 heteroatoms. The summed E-state index contributed by atoms with van der Waals surface area (Å²) in [6, 6.07) is 11.6. The molecule has 24 heavy (non-hydrogen) atoms. The normalized spacial score (nSPS) is 10.6. The van der Waals surface area contributed by atoms with Crippen molar-refractivity contribution in [3.05, 3.63) is 59.7 Å². The fourth-order valence-corrected chi connectivity index (χ4v) is 1.82. The van der Waals surface area contributed by atoms with E-state index in [0.29, 0.717) is 0 Å². The average molecular weight is 333 g/mol. The SMILES string of the molecule is N#Cc1cccc(NC(=O)C(=O)Nc2cccc(C(F)(F)F)c2)c1. The zero-order chi connectivity index (χ0) is 17.7. The maximum absolute atomic E-state index is 12.6.